The van der Waals surface area contributed by atoms with Gasteiger partial charge in [0, 0.05) is 25.1 Å². The average molecular weight is 347 g/mol. The molecule has 3 rings (SSSR count). The Bertz CT molecular complexity index is 773. The summed E-state index contributed by atoms with van der Waals surface area (Å²) in [5, 5.41) is 5.10. The lowest BCUT2D eigenvalue weighted by Gasteiger charge is -2.55. The predicted molar refractivity (Wildman–Crippen MR) is 93.3 cm³/mol. The lowest BCUT2D eigenvalue weighted by atomic mass is 9.64. The maximum atomic E-state index is 11.5. The van der Waals surface area contributed by atoms with Gasteiger partial charge in [-0.1, -0.05) is 13.8 Å². The Morgan fingerprint density at radius 3 is 2.84 bits per heavy atom. The van der Waals surface area contributed by atoms with Gasteiger partial charge in [-0.25, -0.2) is 14.6 Å². The van der Waals surface area contributed by atoms with E-state index < -0.39 is 0 Å². The van der Waals surface area contributed by atoms with Crippen molar-refractivity contribution in [3.8, 4) is 0 Å². The van der Waals surface area contributed by atoms with Crippen LogP contribution in [0, 0.1) is 5.41 Å². The van der Waals surface area contributed by atoms with Crippen molar-refractivity contribution >= 4 is 22.8 Å². The highest BCUT2D eigenvalue weighted by molar-refractivity contribution is 5.87. The first-order valence-electron chi connectivity index (χ1n) is 8.47. The summed E-state index contributed by atoms with van der Waals surface area (Å²) in [5.74, 6) is 0.451. The fraction of sp³-hybridized carbons (Fsp3) is 0.647. The molecule has 8 heteroatoms. The van der Waals surface area contributed by atoms with E-state index in [0.29, 0.717) is 11.7 Å². The summed E-state index contributed by atoms with van der Waals surface area (Å²) >= 11 is 0. The lowest BCUT2D eigenvalue weighted by molar-refractivity contribution is -0.141. The zero-order valence-electron chi connectivity index (χ0n) is 15.4. The van der Waals surface area contributed by atoms with Gasteiger partial charge >= 0.3 is 5.97 Å². The van der Waals surface area contributed by atoms with Crippen LogP contribution in [0.3, 0.4) is 0 Å². The molecule has 2 aromatic rings. The highest BCUT2D eigenvalue weighted by Crippen LogP contribution is 2.46. The third kappa shape index (κ3) is 2.95. The second-order valence-electron chi connectivity index (χ2n) is 6.94. The van der Waals surface area contributed by atoms with Crippen molar-refractivity contribution < 1.29 is 14.3 Å². The molecule has 0 amide bonds. The quantitative estimate of drug-likeness (QED) is 0.735. The summed E-state index contributed by atoms with van der Waals surface area (Å²) in [6.45, 7) is 7.22. The van der Waals surface area contributed by atoms with Gasteiger partial charge in [0.15, 0.2) is 5.65 Å². The summed E-state index contributed by atoms with van der Waals surface area (Å²) in [6.07, 6.45) is 4.42. The first-order chi connectivity index (χ1) is 11.9. The van der Waals surface area contributed by atoms with Crippen molar-refractivity contribution in [1.82, 2.24) is 19.7 Å². The molecule has 0 saturated heterocycles. The number of ether oxygens (including phenoxy) is 2. The van der Waals surface area contributed by atoms with E-state index in [1.54, 1.807) is 6.20 Å². The first-order valence-corrected chi connectivity index (χ1v) is 8.47. The molecule has 136 valence electrons. The van der Waals surface area contributed by atoms with E-state index in [1.165, 1.54) is 18.1 Å². The molecule has 25 heavy (non-hydrogen) atoms. The maximum Gasteiger partial charge on any atom is 0.327 e. The van der Waals surface area contributed by atoms with E-state index >= 15 is 0 Å². The Labute approximate surface area is 147 Å². The van der Waals surface area contributed by atoms with E-state index in [2.05, 4.69) is 33.8 Å². The standard InChI is InChI=1S/C17H25N5O3/c1-6-25-13-7-12(17(13,2)3)21(4)15-11-8-20-22(9-14(23)24-5)16(11)19-10-18-15/h8,10,12-13H,6-7,9H2,1-5H3/t12-,13+/m1/s1. The summed E-state index contributed by atoms with van der Waals surface area (Å²) in [6, 6.07) is 0.311. The zero-order valence-corrected chi connectivity index (χ0v) is 15.4. The number of carbonyl (C=O) groups excluding carboxylic acids is 1. The Morgan fingerprint density at radius 2 is 2.20 bits per heavy atom. The van der Waals surface area contributed by atoms with Crippen LogP contribution in [0.2, 0.25) is 0 Å². The minimum Gasteiger partial charge on any atom is -0.468 e. The van der Waals surface area contributed by atoms with Gasteiger partial charge in [0.05, 0.1) is 24.8 Å². The predicted octanol–water partition coefficient (Wildman–Crippen LogP) is 1.64. The Kier molecular flexibility index (Phi) is 4.64. The van der Waals surface area contributed by atoms with E-state index in [4.69, 9.17) is 9.47 Å². The third-order valence-corrected chi connectivity index (χ3v) is 5.21. The van der Waals surface area contributed by atoms with E-state index in [9.17, 15) is 4.79 Å². The Hall–Kier alpha value is -2.22. The van der Waals surface area contributed by atoms with Gasteiger partial charge in [0.2, 0.25) is 0 Å². The highest BCUT2D eigenvalue weighted by Gasteiger charge is 2.51. The molecule has 0 aliphatic heterocycles. The number of nitrogens with zero attached hydrogens (tertiary/aromatic N) is 5. The van der Waals surface area contributed by atoms with Crippen molar-refractivity contribution in [2.75, 3.05) is 25.7 Å². The van der Waals surface area contributed by atoms with E-state index in [0.717, 1.165) is 24.2 Å². The minimum absolute atomic E-state index is 0.0293. The number of anilines is 1. The number of hydrogen-bond donors (Lipinski definition) is 0. The van der Waals surface area contributed by atoms with Crippen LogP contribution in [0.4, 0.5) is 5.82 Å². The molecule has 0 aromatic carbocycles. The van der Waals surface area contributed by atoms with Gasteiger partial charge in [-0.2, -0.15) is 5.10 Å². The van der Waals surface area contributed by atoms with Crippen molar-refractivity contribution in [1.29, 1.82) is 0 Å². The van der Waals surface area contributed by atoms with Crippen LogP contribution >= 0.6 is 0 Å². The molecule has 0 unspecified atom stereocenters. The monoisotopic (exact) mass is 347 g/mol. The SMILES string of the molecule is CCO[C@H]1C[C@@H](N(C)c2ncnc3c2cnn3CC(=O)OC)C1(C)C. The lowest BCUT2D eigenvalue weighted by Crippen LogP contribution is -2.61. The van der Waals surface area contributed by atoms with Crippen LogP contribution in [0.25, 0.3) is 11.0 Å². The molecule has 0 spiro atoms. The fourth-order valence-corrected chi connectivity index (χ4v) is 3.62. The molecular formula is C17H25N5O3. The average Bonchev–Trinajstić information content (AvgIpc) is 3.00. The molecule has 1 aliphatic carbocycles. The number of esters is 1. The van der Waals surface area contributed by atoms with Crippen LogP contribution in [0.1, 0.15) is 27.2 Å². The number of fused-ring (bicyclic) bond motifs is 1. The molecule has 2 aromatic heterocycles. The number of rotatable bonds is 6. The molecule has 0 radical (unpaired) electrons. The van der Waals surface area contributed by atoms with Gasteiger partial charge in [0.1, 0.15) is 18.7 Å². The van der Waals surface area contributed by atoms with Gasteiger partial charge in [-0.3, -0.25) is 4.79 Å². The number of methoxy groups -OCH3 is 1. The molecule has 2 heterocycles. The Morgan fingerprint density at radius 1 is 1.44 bits per heavy atom. The smallest absolute Gasteiger partial charge is 0.327 e. The molecule has 8 nitrogen and oxygen atoms in total. The van der Waals surface area contributed by atoms with Gasteiger partial charge < -0.3 is 14.4 Å². The third-order valence-electron chi connectivity index (χ3n) is 5.21. The van der Waals surface area contributed by atoms with Crippen molar-refractivity contribution in [2.24, 2.45) is 5.41 Å². The first kappa shape index (κ1) is 17.6. The van der Waals surface area contributed by atoms with Crippen LogP contribution in [-0.2, 0) is 20.8 Å². The van der Waals surface area contributed by atoms with Crippen molar-refractivity contribution in [3.63, 3.8) is 0 Å². The van der Waals surface area contributed by atoms with Crippen LogP contribution in [-0.4, -0.2) is 58.6 Å². The van der Waals surface area contributed by atoms with Crippen LogP contribution in [0.5, 0.6) is 0 Å². The van der Waals surface area contributed by atoms with Gasteiger partial charge in [0.25, 0.3) is 0 Å². The zero-order chi connectivity index (χ0) is 18.2. The van der Waals surface area contributed by atoms with E-state index in [1.807, 2.05) is 14.0 Å². The minimum atomic E-state index is -0.363. The summed E-state index contributed by atoms with van der Waals surface area (Å²) in [5.41, 5.74) is 0.657. The fourth-order valence-electron chi connectivity index (χ4n) is 3.62. The second kappa shape index (κ2) is 6.59. The second-order valence-corrected chi connectivity index (χ2v) is 6.94. The number of hydrogen-bond acceptors (Lipinski definition) is 7. The normalized spacial score (nSPS) is 21.8. The van der Waals surface area contributed by atoms with E-state index in [-0.39, 0.29) is 24.0 Å². The summed E-state index contributed by atoms with van der Waals surface area (Å²) in [4.78, 5) is 22.5. The van der Waals surface area contributed by atoms with Crippen LogP contribution in [0.15, 0.2) is 12.5 Å². The number of carbonyl (C=O) groups is 1. The van der Waals surface area contributed by atoms with Crippen LogP contribution < -0.4 is 4.90 Å². The molecule has 2 atom stereocenters. The summed E-state index contributed by atoms with van der Waals surface area (Å²) < 4.78 is 12.1. The molecule has 0 N–H and O–H groups in total. The van der Waals surface area contributed by atoms with Crippen molar-refractivity contribution in [2.45, 2.75) is 45.9 Å². The summed E-state index contributed by atoms with van der Waals surface area (Å²) in [7, 11) is 3.39. The van der Waals surface area contributed by atoms with Gasteiger partial charge in [-0.05, 0) is 13.3 Å². The number of aromatic nitrogens is 4. The molecular weight excluding hydrogens is 322 g/mol. The molecule has 0 bridgehead atoms. The Balaban J connectivity index is 1.88. The van der Waals surface area contributed by atoms with Gasteiger partial charge in [-0.15, -0.1) is 0 Å². The molecule has 1 aliphatic rings. The topological polar surface area (TPSA) is 82.4 Å². The van der Waals surface area contributed by atoms with Crippen molar-refractivity contribution in [3.05, 3.63) is 12.5 Å². The highest BCUT2D eigenvalue weighted by atomic mass is 16.5. The molecule has 1 fully saturated rings. The molecule has 1 saturated carbocycles. The maximum absolute atomic E-state index is 11.5. The largest absolute Gasteiger partial charge is 0.468 e.